The van der Waals surface area contributed by atoms with Gasteiger partial charge in [-0.05, 0) is 85.4 Å². The molecule has 10 heteroatoms. The van der Waals surface area contributed by atoms with Crippen LogP contribution in [0.2, 0.25) is 5.02 Å². The van der Waals surface area contributed by atoms with Gasteiger partial charge in [0.25, 0.3) is 0 Å². The van der Waals surface area contributed by atoms with Crippen molar-refractivity contribution in [3.63, 3.8) is 0 Å². The molecule has 2 aliphatic carbocycles. The molecule has 0 aromatic heterocycles. The molecular weight excluding hydrogens is 546 g/mol. The van der Waals surface area contributed by atoms with Crippen LogP contribution in [0.15, 0.2) is 36.4 Å². The molecule has 1 N–H and O–H groups in total. The summed E-state index contributed by atoms with van der Waals surface area (Å²) in [6, 6.07) is 12.0. The third kappa shape index (κ3) is 6.62. The normalized spacial score (nSPS) is 22.4. The predicted octanol–water partition coefficient (Wildman–Crippen LogP) is 5.00. The van der Waals surface area contributed by atoms with Gasteiger partial charge >= 0.3 is 12.0 Å². The van der Waals surface area contributed by atoms with Gasteiger partial charge in [-0.1, -0.05) is 23.7 Å². The van der Waals surface area contributed by atoms with Crippen LogP contribution in [-0.2, 0) is 22.6 Å². The van der Waals surface area contributed by atoms with Crippen molar-refractivity contribution in [2.24, 2.45) is 11.8 Å². The number of aliphatic carboxylic acids is 1. The van der Waals surface area contributed by atoms with Gasteiger partial charge in [-0.2, -0.15) is 0 Å². The molecule has 9 nitrogen and oxygen atoms in total. The number of halogens is 1. The fraction of sp³-hybridized carbons (Fsp3) is 0.516. The van der Waals surface area contributed by atoms with E-state index in [0.717, 1.165) is 55.7 Å². The number of nitrogens with zero attached hydrogens (tertiary/aromatic N) is 3. The number of urea groups is 1. The average molecular weight is 584 g/mol. The zero-order chi connectivity index (χ0) is 29.1. The number of carboxylic acids is 1. The molecule has 2 aromatic carbocycles. The minimum atomic E-state index is -0.678. The van der Waals surface area contributed by atoms with Crippen molar-refractivity contribution in [1.82, 2.24) is 14.7 Å². The summed E-state index contributed by atoms with van der Waals surface area (Å²) in [5, 5.41) is 10.2. The first-order valence-electron chi connectivity index (χ1n) is 14.3. The lowest BCUT2D eigenvalue weighted by atomic mass is 9.81. The van der Waals surface area contributed by atoms with Crippen LogP contribution in [0.25, 0.3) is 0 Å². The van der Waals surface area contributed by atoms with E-state index in [1.54, 1.807) is 14.2 Å². The first kappa shape index (κ1) is 29.2. The summed E-state index contributed by atoms with van der Waals surface area (Å²) in [5.74, 6) is 0.468. The van der Waals surface area contributed by atoms with Gasteiger partial charge in [0.2, 0.25) is 5.91 Å². The molecule has 5 rings (SSSR count). The minimum absolute atomic E-state index is 0.0901. The number of amides is 3. The quantitative estimate of drug-likeness (QED) is 0.372. The first-order valence-corrected chi connectivity index (χ1v) is 14.7. The number of carboxylic acid groups (broad SMARTS) is 1. The number of benzene rings is 2. The van der Waals surface area contributed by atoms with Crippen LogP contribution in [0.1, 0.15) is 54.8 Å². The second kappa shape index (κ2) is 12.7. The maximum Gasteiger partial charge on any atom is 0.327 e. The second-order valence-electron chi connectivity index (χ2n) is 11.4. The standard InChI is InChI=1S/C31H38ClN3O6/c1-33-19-29(36)35(31(33)39)13-14-41-27-12-5-21(15-28(27)40-2)18-34(17-20-3-6-22(7-4-20)30(37)38)26-11-8-23-16-24(32)9-10-25(23)26/h5,9-10,12,15-16,20,22,26H,3-4,6-8,11,13-14,17-19H2,1-2H3,(H,37,38)/t20-,22-,26?. The number of hydrogen-bond acceptors (Lipinski definition) is 6. The number of rotatable bonds is 11. The molecule has 1 saturated carbocycles. The number of ether oxygens (including phenoxy) is 2. The lowest BCUT2D eigenvalue weighted by Gasteiger charge is -2.35. The first-order chi connectivity index (χ1) is 19.7. The number of carbonyl (C=O) groups is 3. The van der Waals surface area contributed by atoms with E-state index in [9.17, 15) is 19.5 Å². The van der Waals surface area contributed by atoms with Crippen molar-refractivity contribution < 1.29 is 29.0 Å². The molecule has 2 aromatic rings. The van der Waals surface area contributed by atoms with Crippen molar-refractivity contribution >= 4 is 29.5 Å². The molecule has 1 aliphatic heterocycles. The molecule has 3 aliphatic rings. The molecule has 1 atom stereocenters. The molecule has 41 heavy (non-hydrogen) atoms. The molecule has 220 valence electrons. The number of fused-ring (bicyclic) bond motifs is 1. The van der Waals surface area contributed by atoms with Crippen LogP contribution in [0.5, 0.6) is 11.5 Å². The maximum atomic E-state index is 12.1. The molecule has 3 amide bonds. The Labute approximate surface area is 245 Å². The van der Waals surface area contributed by atoms with E-state index in [1.807, 2.05) is 24.3 Å². The SMILES string of the molecule is COc1cc(CN(C[C@H]2CC[C@H](C(=O)O)CC2)C2CCc3cc(Cl)ccc32)ccc1OCCN1C(=O)CN(C)C1=O. The number of aryl methyl sites for hydroxylation is 1. The lowest BCUT2D eigenvalue weighted by Crippen LogP contribution is -2.35. The Morgan fingerprint density at radius 3 is 2.54 bits per heavy atom. The highest BCUT2D eigenvalue weighted by Crippen LogP contribution is 2.40. The summed E-state index contributed by atoms with van der Waals surface area (Å²) < 4.78 is 11.6. The Kier molecular flexibility index (Phi) is 9.04. The molecular formula is C31H38ClN3O6. The monoisotopic (exact) mass is 583 g/mol. The number of hydrogen-bond donors (Lipinski definition) is 1. The van der Waals surface area contributed by atoms with Crippen molar-refractivity contribution in [2.75, 3.05) is 40.4 Å². The molecule has 0 spiro atoms. The van der Waals surface area contributed by atoms with Crippen LogP contribution >= 0.6 is 11.6 Å². The van der Waals surface area contributed by atoms with Gasteiger partial charge in [0, 0.05) is 31.2 Å². The van der Waals surface area contributed by atoms with Gasteiger partial charge in [-0.3, -0.25) is 19.4 Å². The van der Waals surface area contributed by atoms with Crippen molar-refractivity contribution in [3.8, 4) is 11.5 Å². The van der Waals surface area contributed by atoms with Crippen LogP contribution in [-0.4, -0.2) is 78.1 Å². The van der Waals surface area contributed by atoms with Crippen LogP contribution in [0, 0.1) is 11.8 Å². The summed E-state index contributed by atoms with van der Waals surface area (Å²) in [7, 11) is 3.20. The van der Waals surface area contributed by atoms with Crippen molar-refractivity contribution in [1.29, 1.82) is 0 Å². The maximum absolute atomic E-state index is 12.1. The minimum Gasteiger partial charge on any atom is -0.493 e. The van der Waals surface area contributed by atoms with Gasteiger partial charge < -0.3 is 19.5 Å². The Morgan fingerprint density at radius 1 is 1.07 bits per heavy atom. The summed E-state index contributed by atoms with van der Waals surface area (Å²) in [6.07, 6.45) is 5.30. The van der Waals surface area contributed by atoms with Crippen LogP contribution in [0.3, 0.4) is 0 Å². The Morgan fingerprint density at radius 2 is 1.85 bits per heavy atom. The van der Waals surface area contributed by atoms with Gasteiger partial charge in [0.05, 0.1) is 19.6 Å². The highest BCUT2D eigenvalue weighted by Gasteiger charge is 2.34. The van der Waals surface area contributed by atoms with Crippen molar-refractivity contribution in [2.45, 2.75) is 51.1 Å². The molecule has 1 heterocycles. The van der Waals surface area contributed by atoms with Crippen LogP contribution in [0.4, 0.5) is 4.79 Å². The number of imide groups is 1. The summed E-state index contributed by atoms with van der Waals surface area (Å²) in [6.45, 7) is 2.05. The summed E-state index contributed by atoms with van der Waals surface area (Å²) >= 11 is 6.29. The van der Waals surface area contributed by atoms with E-state index in [4.69, 9.17) is 21.1 Å². The molecule has 0 radical (unpaired) electrons. The van der Waals surface area contributed by atoms with E-state index in [2.05, 4.69) is 17.0 Å². The van der Waals surface area contributed by atoms with E-state index >= 15 is 0 Å². The zero-order valence-corrected chi connectivity index (χ0v) is 24.4. The highest BCUT2D eigenvalue weighted by atomic mass is 35.5. The lowest BCUT2D eigenvalue weighted by molar-refractivity contribution is -0.143. The van der Waals surface area contributed by atoms with E-state index in [-0.39, 0.29) is 43.6 Å². The van der Waals surface area contributed by atoms with Gasteiger partial charge in [-0.25, -0.2) is 4.79 Å². The van der Waals surface area contributed by atoms with Crippen LogP contribution < -0.4 is 9.47 Å². The molecule has 2 fully saturated rings. The van der Waals surface area contributed by atoms with Gasteiger partial charge in [0.1, 0.15) is 13.2 Å². The molecule has 1 saturated heterocycles. The van der Waals surface area contributed by atoms with Crippen molar-refractivity contribution in [3.05, 3.63) is 58.1 Å². The smallest absolute Gasteiger partial charge is 0.327 e. The van der Waals surface area contributed by atoms with E-state index in [0.29, 0.717) is 24.0 Å². The average Bonchev–Trinajstić information content (AvgIpc) is 3.48. The Bertz CT molecular complexity index is 1290. The highest BCUT2D eigenvalue weighted by molar-refractivity contribution is 6.30. The van der Waals surface area contributed by atoms with E-state index < -0.39 is 5.97 Å². The topological polar surface area (TPSA) is 99.6 Å². The zero-order valence-electron chi connectivity index (χ0n) is 23.7. The Hall–Kier alpha value is -3.30. The number of methoxy groups -OCH3 is 1. The van der Waals surface area contributed by atoms with E-state index in [1.165, 1.54) is 20.9 Å². The second-order valence-corrected chi connectivity index (χ2v) is 11.8. The molecule has 0 bridgehead atoms. The third-order valence-electron chi connectivity index (χ3n) is 8.70. The third-order valence-corrected chi connectivity index (χ3v) is 8.93. The predicted molar refractivity (Wildman–Crippen MR) is 154 cm³/mol. The number of carbonyl (C=O) groups excluding carboxylic acids is 2. The number of likely N-dealkylation sites (N-methyl/N-ethyl adjacent to an activating group) is 1. The largest absolute Gasteiger partial charge is 0.493 e. The van der Waals surface area contributed by atoms with Gasteiger partial charge in [0.15, 0.2) is 11.5 Å². The fourth-order valence-electron chi connectivity index (χ4n) is 6.47. The molecule has 1 unspecified atom stereocenters. The summed E-state index contributed by atoms with van der Waals surface area (Å²) in [5.41, 5.74) is 3.70. The summed E-state index contributed by atoms with van der Waals surface area (Å²) in [4.78, 5) is 40.8. The fourth-order valence-corrected chi connectivity index (χ4v) is 6.66. The Balaban J connectivity index is 1.29. The van der Waals surface area contributed by atoms with Gasteiger partial charge in [-0.15, -0.1) is 0 Å².